The maximum absolute atomic E-state index is 13.4. The molecule has 0 aromatic heterocycles. The van der Waals surface area contributed by atoms with Gasteiger partial charge in [0, 0.05) is 42.8 Å². The van der Waals surface area contributed by atoms with Crippen LogP contribution in [0, 0.1) is 0 Å². The van der Waals surface area contributed by atoms with Gasteiger partial charge in [-0.1, -0.05) is 35.9 Å². The molecule has 1 fully saturated rings. The third kappa shape index (κ3) is 6.29. The number of ether oxygens (including phenoxy) is 4. The zero-order chi connectivity index (χ0) is 27.9. The predicted octanol–water partition coefficient (Wildman–Crippen LogP) is 4.79. The zero-order valence-corrected chi connectivity index (χ0v) is 23.2. The molecule has 9 heteroatoms. The van der Waals surface area contributed by atoms with Crippen molar-refractivity contribution < 1.29 is 28.5 Å². The molecule has 0 spiro atoms. The highest BCUT2D eigenvalue weighted by Crippen LogP contribution is 2.38. The number of amides is 2. The molecule has 4 rings (SSSR count). The lowest BCUT2D eigenvalue weighted by Crippen LogP contribution is -2.50. The summed E-state index contributed by atoms with van der Waals surface area (Å²) in [4.78, 5) is 30.1. The molecule has 1 aliphatic heterocycles. The Bertz CT molecular complexity index is 1340. The monoisotopic (exact) mass is 550 g/mol. The second kappa shape index (κ2) is 12.6. The Kier molecular flexibility index (Phi) is 8.99. The molecule has 204 valence electrons. The van der Waals surface area contributed by atoms with E-state index in [1.54, 1.807) is 41.2 Å². The smallest absolute Gasteiger partial charge is 0.254 e. The fraction of sp³-hybridized carbons (Fsp3) is 0.267. The normalized spacial score (nSPS) is 13.6. The van der Waals surface area contributed by atoms with E-state index in [4.69, 9.17) is 30.5 Å². The first-order valence-corrected chi connectivity index (χ1v) is 12.8. The lowest BCUT2D eigenvalue weighted by molar-refractivity contribution is -0.127. The standard InChI is InChI=1S/C30H31ClN2O6/c1-36-24-10-8-20(9-11-24)25(21-6-5-7-23(31)16-21)19-28(34)32-12-14-33(15-13-32)30(35)22-17-26(37-2)29(39-4)27(18-22)38-3/h5-11,16-19H,12-15H2,1-4H3. The van der Waals surface area contributed by atoms with Gasteiger partial charge in [-0.2, -0.15) is 0 Å². The minimum Gasteiger partial charge on any atom is -0.497 e. The number of piperazine rings is 1. The lowest BCUT2D eigenvalue weighted by atomic mass is 9.97. The largest absolute Gasteiger partial charge is 0.497 e. The SMILES string of the molecule is COc1ccc(C(=CC(=O)N2CCN(C(=O)c3cc(OC)c(OC)c(OC)c3)CC2)c2cccc(Cl)c2)cc1. The summed E-state index contributed by atoms with van der Waals surface area (Å²) in [5.74, 6) is 1.66. The van der Waals surface area contributed by atoms with Crippen molar-refractivity contribution in [3.63, 3.8) is 0 Å². The number of benzene rings is 3. The van der Waals surface area contributed by atoms with E-state index in [0.717, 1.165) is 22.4 Å². The van der Waals surface area contributed by atoms with Crippen molar-refractivity contribution in [2.24, 2.45) is 0 Å². The predicted molar refractivity (Wildman–Crippen MR) is 150 cm³/mol. The third-order valence-electron chi connectivity index (χ3n) is 6.59. The molecule has 0 radical (unpaired) electrons. The van der Waals surface area contributed by atoms with Crippen LogP contribution < -0.4 is 18.9 Å². The summed E-state index contributed by atoms with van der Waals surface area (Å²) < 4.78 is 21.4. The molecule has 0 aliphatic carbocycles. The Morgan fingerprint density at radius 3 is 1.87 bits per heavy atom. The summed E-state index contributed by atoms with van der Waals surface area (Å²) in [6.45, 7) is 1.59. The van der Waals surface area contributed by atoms with E-state index >= 15 is 0 Å². The Morgan fingerprint density at radius 1 is 0.718 bits per heavy atom. The first kappa shape index (κ1) is 27.9. The van der Waals surface area contributed by atoms with Gasteiger partial charge in [-0.3, -0.25) is 9.59 Å². The second-order valence-corrected chi connectivity index (χ2v) is 9.26. The topological polar surface area (TPSA) is 77.5 Å². The van der Waals surface area contributed by atoms with Gasteiger partial charge in [0.15, 0.2) is 11.5 Å². The second-order valence-electron chi connectivity index (χ2n) is 8.83. The lowest BCUT2D eigenvalue weighted by Gasteiger charge is -2.34. The molecular weight excluding hydrogens is 520 g/mol. The number of rotatable bonds is 8. The van der Waals surface area contributed by atoms with Crippen LogP contribution in [0.15, 0.2) is 66.7 Å². The van der Waals surface area contributed by atoms with Crippen LogP contribution in [-0.2, 0) is 4.79 Å². The van der Waals surface area contributed by atoms with Gasteiger partial charge >= 0.3 is 0 Å². The van der Waals surface area contributed by atoms with E-state index in [1.807, 2.05) is 42.5 Å². The highest BCUT2D eigenvalue weighted by atomic mass is 35.5. The summed E-state index contributed by atoms with van der Waals surface area (Å²) in [5.41, 5.74) is 2.87. The Balaban J connectivity index is 1.52. The Labute approximate surface area is 233 Å². The molecule has 2 amide bonds. The van der Waals surface area contributed by atoms with Crippen molar-refractivity contribution in [2.45, 2.75) is 0 Å². The third-order valence-corrected chi connectivity index (χ3v) is 6.83. The highest BCUT2D eigenvalue weighted by molar-refractivity contribution is 6.30. The van der Waals surface area contributed by atoms with E-state index in [1.165, 1.54) is 21.3 Å². The van der Waals surface area contributed by atoms with E-state index in [0.29, 0.717) is 54.0 Å². The maximum atomic E-state index is 13.4. The average Bonchev–Trinajstić information content (AvgIpc) is 2.98. The minimum atomic E-state index is -0.172. The van der Waals surface area contributed by atoms with Gasteiger partial charge in [0.05, 0.1) is 28.4 Å². The molecule has 1 heterocycles. The van der Waals surface area contributed by atoms with Crippen molar-refractivity contribution in [3.8, 4) is 23.0 Å². The van der Waals surface area contributed by atoms with Gasteiger partial charge in [-0.25, -0.2) is 0 Å². The summed E-state index contributed by atoms with van der Waals surface area (Å²) in [7, 11) is 6.14. The summed E-state index contributed by atoms with van der Waals surface area (Å²) in [5, 5.41) is 0.582. The molecule has 0 atom stereocenters. The molecule has 0 unspecified atom stereocenters. The first-order valence-electron chi connectivity index (χ1n) is 12.4. The van der Waals surface area contributed by atoms with E-state index in [9.17, 15) is 9.59 Å². The molecule has 39 heavy (non-hydrogen) atoms. The Hall–Kier alpha value is -4.17. The first-order chi connectivity index (χ1) is 18.9. The van der Waals surface area contributed by atoms with Crippen LogP contribution in [0.4, 0.5) is 0 Å². The molecule has 8 nitrogen and oxygen atoms in total. The molecule has 3 aromatic carbocycles. The number of hydrogen-bond acceptors (Lipinski definition) is 6. The highest BCUT2D eigenvalue weighted by Gasteiger charge is 2.26. The van der Waals surface area contributed by atoms with Crippen LogP contribution in [0.2, 0.25) is 5.02 Å². The van der Waals surface area contributed by atoms with Gasteiger partial charge in [-0.05, 0) is 53.1 Å². The van der Waals surface area contributed by atoms with Crippen molar-refractivity contribution in [1.82, 2.24) is 9.80 Å². The van der Waals surface area contributed by atoms with Crippen LogP contribution in [0.3, 0.4) is 0 Å². The molecular formula is C30H31ClN2O6. The number of methoxy groups -OCH3 is 4. The number of hydrogen-bond donors (Lipinski definition) is 0. The van der Waals surface area contributed by atoms with Crippen LogP contribution >= 0.6 is 11.6 Å². The molecule has 0 bridgehead atoms. The molecule has 3 aromatic rings. The number of halogens is 1. The fourth-order valence-corrected chi connectivity index (χ4v) is 4.68. The van der Waals surface area contributed by atoms with Crippen molar-refractivity contribution >= 4 is 29.0 Å². The summed E-state index contributed by atoms with van der Waals surface area (Å²) in [6, 6.07) is 18.2. The zero-order valence-electron chi connectivity index (χ0n) is 22.4. The van der Waals surface area contributed by atoms with Gasteiger partial charge in [0.1, 0.15) is 5.75 Å². The van der Waals surface area contributed by atoms with Gasteiger partial charge in [0.25, 0.3) is 5.91 Å². The van der Waals surface area contributed by atoms with Crippen molar-refractivity contribution in [2.75, 3.05) is 54.6 Å². The van der Waals surface area contributed by atoms with Crippen LogP contribution in [-0.4, -0.2) is 76.2 Å². The van der Waals surface area contributed by atoms with Crippen LogP contribution in [0.1, 0.15) is 21.5 Å². The number of carbonyl (C=O) groups is 2. The van der Waals surface area contributed by atoms with Gasteiger partial charge in [0.2, 0.25) is 11.7 Å². The van der Waals surface area contributed by atoms with E-state index in [-0.39, 0.29) is 11.8 Å². The molecule has 1 aliphatic rings. The van der Waals surface area contributed by atoms with Crippen molar-refractivity contribution in [1.29, 1.82) is 0 Å². The summed E-state index contributed by atoms with van der Waals surface area (Å²) in [6.07, 6.45) is 1.63. The van der Waals surface area contributed by atoms with Crippen molar-refractivity contribution in [3.05, 3.63) is 88.5 Å². The Morgan fingerprint density at radius 2 is 1.33 bits per heavy atom. The fourth-order valence-electron chi connectivity index (χ4n) is 4.49. The van der Waals surface area contributed by atoms with Crippen LogP contribution in [0.5, 0.6) is 23.0 Å². The van der Waals surface area contributed by atoms with Gasteiger partial charge in [-0.15, -0.1) is 0 Å². The quantitative estimate of drug-likeness (QED) is 0.375. The molecule has 0 N–H and O–H groups in total. The molecule has 0 saturated carbocycles. The van der Waals surface area contributed by atoms with Gasteiger partial charge < -0.3 is 28.7 Å². The average molecular weight is 551 g/mol. The van der Waals surface area contributed by atoms with E-state index in [2.05, 4.69) is 0 Å². The van der Waals surface area contributed by atoms with E-state index < -0.39 is 0 Å². The minimum absolute atomic E-state index is 0.138. The van der Waals surface area contributed by atoms with Crippen LogP contribution in [0.25, 0.3) is 5.57 Å². The maximum Gasteiger partial charge on any atom is 0.254 e. The number of carbonyl (C=O) groups excluding carboxylic acids is 2. The molecule has 1 saturated heterocycles. The summed E-state index contributed by atoms with van der Waals surface area (Å²) >= 11 is 6.26. The number of nitrogens with zero attached hydrogens (tertiary/aromatic N) is 2.